The largest absolute Gasteiger partial charge is 0.497 e. The van der Waals surface area contributed by atoms with Gasteiger partial charge in [0, 0.05) is 16.7 Å². The number of rotatable bonds is 9. The van der Waals surface area contributed by atoms with Gasteiger partial charge < -0.3 is 9.47 Å². The average molecular weight is 529 g/mol. The van der Waals surface area contributed by atoms with E-state index in [1.54, 1.807) is 92.0 Å². The molecule has 4 rings (SSSR count). The first-order chi connectivity index (χ1) is 18.0. The summed E-state index contributed by atoms with van der Waals surface area (Å²) in [6.45, 7) is 4.71. The van der Waals surface area contributed by atoms with E-state index in [0.717, 1.165) is 5.56 Å². The smallest absolute Gasteiger partial charge is 0.193 e. The van der Waals surface area contributed by atoms with Gasteiger partial charge >= 0.3 is 0 Å². The molecule has 0 saturated carbocycles. The standard InChI is InChI=1S/C31H28O6S/c1-21-5-19-28(20-6-21)38(34,35)31(2,3)30(33)24-11-17-27(18-12-24)37-26-15-9-23(10-16-26)29(32)22-7-13-25(36-4)14-8-22/h5-20H,1-4H3. The molecule has 0 fully saturated rings. The highest BCUT2D eigenvalue weighted by molar-refractivity contribution is 7.93. The number of carbonyl (C=O) groups excluding carboxylic acids is 2. The van der Waals surface area contributed by atoms with Gasteiger partial charge in [-0.15, -0.1) is 0 Å². The Morgan fingerprint density at radius 3 is 1.50 bits per heavy atom. The Kier molecular flexibility index (Phi) is 7.51. The number of methoxy groups -OCH3 is 1. The molecule has 0 aliphatic heterocycles. The van der Waals surface area contributed by atoms with Crippen LogP contribution < -0.4 is 9.47 Å². The van der Waals surface area contributed by atoms with Gasteiger partial charge in [0.15, 0.2) is 21.4 Å². The zero-order chi connectivity index (χ0) is 27.5. The van der Waals surface area contributed by atoms with Crippen LogP contribution in [0.3, 0.4) is 0 Å². The van der Waals surface area contributed by atoms with E-state index in [-0.39, 0.29) is 16.2 Å². The molecule has 0 N–H and O–H groups in total. The molecule has 0 atom stereocenters. The molecule has 0 aliphatic carbocycles. The lowest BCUT2D eigenvalue weighted by molar-refractivity contribution is 0.0953. The van der Waals surface area contributed by atoms with Crippen molar-refractivity contribution >= 4 is 21.4 Å². The second kappa shape index (κ2) is 10.6. The lowest BCUT2D eigenvalue weighted by Gasteiger charge is -2.23. The summed E-state index contributed by atoms with van der Waals surface area (Å²) in [5.41, 5.74) is 2.26. The number of carbonyl (C=O) groups is 2. The Morgan fingerprint density at radius 2 is 1.05 bits per heavy atom. The maximum absolute atomic E-state index is 13.2. The quantitative estimate of drug-likeness (QED) is 0.232. The van der Waals surface area contributed by atoms with Gasteiger partial charge in [0.25, 0.3) is 0 Å². The fourth-order valence-electron chi connectivity index (χ4n) is 3.88. The first-order valence-electron chi connectivity index (χ1n) is 12.0. The molecule has 4 aromatic carbocycles. The lowest BCUT2D eigenvalue weighted by Crippen LogP contribution is -2.40. The lowest BCUT2D eigenvalue weighted by atomic mass is 10.0. The van der Waals surface area contributed by atoms with Crippen LogP contribution in [0.25, 0.3) is 0 Å². The Hall–Kier alpha value is -4.23. The third-order valence-corrected chi connectivity index (χ3v) is 8.79. The summed E-state index contributed by atoms with van der Waals surface area (Å²) in [5.74, 6) is 1.03. The molecular formula is C31H28O6S. The van der Waals surface area contributed by atoms with Crippen LogP contribution in [-0.2, 0) is 9.84 Å². The first kappa shape index (κ1) is 26.8. The topological polar surface area (TPSA) is 86.7 Å². The molecule has 194 valence electrons. The van der Waals surface area contributed by atoms with Gasteiger partial charge in [-0.05, 0) is 106 Å². The van der Waals surface area contributed by atoms with E-state index in [9.17, 15) is 18.0 Å². The second-order valence-corrected chi connectivity index (χ2v) is 11.9. The van der Waals surface area contributed by atoms with Gasteiger partial charge in [-0.25, -0.2) is 8.42 Å². The van der Waals surface area contributed by atoms with Crippen molar-refractivity contribution in [2.45, 2.75) is 30.4 Å². The molecule has 0 heterocycles. The summed E-state index contributed by atoms with van der Waals surface area (Å²) in [6, 6.07) is 26.4. The van der Waals surface area contributed by atoms with Crippen LogP contribution in [0.4, 0.5) is 0 Å². The third kappa shape index (κ3) is 5.38. The molecule has 6 nitrogen and oxygen atoms in total. The SMILES string of the molecule is COc1ccc(C(=O)c2ccc(Oc3ccc(C(=O)C(C)(C)S(=O)(=O)c4ccc(C)cc4)cc3)cc2)cc1. The van der Waals surface area contributed by atoms with Crippen molar-refractivity contribution in [2.75, 3.05) is 7.11 Å². The van der Waals surface area contributed by atoms with Gasteiger partial charge in [-0.3, -0.25) is 9.59 Å². The van der Waals surface area contributed by atoms with Crippen molar-refractivity contribution < 1.29 is 27.5 Å². The van der Waals surface area contributed by atoms with Crippen LogP contribution in [-0.4, -0.2) is 31.8 Å². The van der Waals surface area contributed by atoms with E-state index in [0.29, 0.717) is 28.4 Å². The van der Waals surface area contributed by atoms with Gasteiger partial charge in [0.05, 0.1) is 12.0 Å². The molecule has 7 heteroatoms. The van der Waals surface area contributed by atoms with Gasteiger partial charge in [0.1, 0.15) is 22.0 Å². The van der Waals surface area contributed by atoms with Gasteiger partial charge in [0.2, 0.25) is 0 Å². The number of Topliss-reactive ketones (excluding diaryl/α,β-unsaturated/α-hetero) is 1. The minimum Gasteiger partial charge on any atom is -0.497 e. The maximum Gasteiger partial charge on any atom is 0.193 e. The van der Waals surface area contributed by atoms with Crippen molar-refractivity contribution in [3.05, 3.63) is 119 Å². The molecule has 0 saturated heterocycles. The Labute approximate surface area is 222 Å². The van der Waals surface area contributed by atoms with Gasteiger partial charge in [-0.2, -0.15) is 0 Å². The second-order valence-electron chi connectivity index (χ2n) is 9.36. The molecule has 0 unspecified atom stereocenters. The zero-order valence-corrected chi connectivity index (χ0v) is 22.4. The van der Waals surface area contributed by atoms with Crippen molar-refractivity contribution in [3.63, 3.8) is 0 Å². The number of benzene rings is 4. The summed E-state index contributed by atoms with van der Waals surface area (Å²) in [4.78, 5) is 26.0. The summed E-state index contributed by atoms with van der Waals surface area (Å²) in [7, 11) is -2.34. The van der Waals surface area contributed by atoms with Crippen molar-refractivity contribution in [1.82, 2.24) is 0 Å². The first-order valence-corrected chi connectivity index (χ1v) is 13.4. The van der Waals surface area contributed by atoms with E-state index < -0.39 is 20.4 Å². The minimum atomic E-state index is -3.91. The fraction of sp³-hybridized carbons (Fsp3) is 0.161. The Balaban J connectivity index is 1.45. The van der Waals surface area contributed by atoms with E-state index in [4.69, 9.17) is 9.47 Å². The summed E-state index contributed by atoms with van der Waals surface area (Å²) < 4.78 is 35.7. The number of hydrogen-bond donors (Lipinski definition) is 0. The van der Waals surface area contributed by atoms with E-state index in [2.05, 4.69) is 0 Å². The monoisotopic (exact) mass is 528 g/mol. The number of sulfone groups is 1. The molecule has 0 radical (unpaired) electrons. The van der Waals surface area contributed by atoms with Crippen molar-refractivity contribution in [2.24, 2.45) is 0 Å². The van der Waals surface area contributed by atoms with Crippen LogP contribution in [0.1, 0.15) is 45.7 Å². The van der Waals surface area contributed by atoms with E-state index in [1.807, 2.05) is 6.92 Å². The molecule has 0 spiro atoms. The van der Waals surface area contributed by atoms with Crippen molar-refractivity contribution in [1.29, 1.82) is 0 Å². The number of hydrogen-bond acceptors (Lipinski definition) is 6. The third-order valence-electron chi connectivity index (χ3n) is 6.37. The number of ketones is 2. The van der Waals surface area contributed by atoms with Crippen molar-refractivity contribution in [3.8, 4) is 17.2 Å². The molecule has 38 heavy (non-hydrogen) atoms. The Bertz CT molecular complexity index is 1550. The van der Waals surface area contributed by atoms with Crippen LogP contribution in [0, 0.1) is 6.92 Å². The van der Waals surface area contributed by atoms with Crippen LogP contribution >= 0.6 is 0 Å². The maximum atomic E-state index is 13.2. The molecule has 0 bridgehead atoms. The number of aryl methyl sites for hydroxylation is 1. The average Bonchev–Trinajstić information content (AvgIpc) is 2.93. The normalized spacial score (nSPS) is 11.6. The fourth-order valence-corrected chi connectivity index (χ4v) is 5.32. The molecule has 0 aromatic heterocycles. The predicted octanol–water partition coefficient (Wildman–Crippen LogP) is 6.46. The van der Waals surface area contributed by atoms with Crippen LogP contribution in [0.15, 0.2) is 102 Å². The Morgan fingerprint density at radius 1 is 0.632 bits per heavy atom. The zero-order valence-electron chi connectivity index (χ0n) is 21.6. The van der Waals surface area contributed by atoms with Gasteiger partial charge in [-0.1, -0.05) is 17.7 Å². The minimum absolute atomic E-state index is 0.107. The molecule has 4 aromatic rings. The summed E-state index contributed by atoms with van der Waals surface area (Å²) in [6.07, 6.45) is 0. The molecule has 0 aliphatic rings. The highest BCUT2D eigenvalue weighted by Crippen LogP contribution is 2.30. The van der Waals surface area contributed by atoms with Crippen LogP contribution in [0.2, 0.25) is 0 Å². The van der Waals surface area contributed by atoms with E-state index >= 15 is 0 Å². The summed E-state index contributed by atoms with van der Waals surface area (Å²) >= 11 is 0. The highest BCUT2D eigenvalue weighted by atomic mass is 32.2. The van der Waals surface area contributed by atoms with Crippen LogP contribution in [0.5, 0.6) is 17.2 Å². The molecule has 0 amide bonds. The number of ether oxygens (including phenoxy) is 2. The predicted molar refractivity (Wildman–Crippen MR) is 146 cm³/mol. The highest BCUT2D eigenvalue weighted by Gasteiger charge is 2.43. The summed E-state index contributed by atoms with van der Waals surface area (Å²) in [5, 5.41) is 0. The van der Waals surface area contributed by atoms with E-state index in [1.165, 1.54) is 26.0 Å². The molecular weight excluding hydrogens is 500 g/mol.